The number of thiophene rings is 1. The maximum Gasteiger partial charge on any atom is 0.103 e. The van der Waals surface area contributed by atoms with Gasteiger partial charge in [0, 0.05) is 29.9 Å². The van der Waals surface area contributed by atoms with Crippen LogP contribution in [0.2, 0.25) is 0 Å². The summed E-state index contributed by atoms with van der Waals surface area (Å²) < 4.78 is 2.07. The molecule has 0 spiro atoms. The topological polar surface area (TPSA) is 50.1 Å². The molecule has 0 bridgehead atoms. The second-order valence-electron chi connectivity index (χ2n) is 4.58. The Morgan fingerprint density at radius 1 is 1.53 bits per heavy atom. The third kappa shape index (κ3) is 4.16. The first-order valence-electron chi connectivity index (χ1n) is 6.72. The van der Waals surface area contributed by atoms with Crippen molar-refractivity contribution >= 4 is 11.3 Å². The Kier molecular flexibility index (Phi) is 5.57. The summed E-state index contributed by atoms with van der Waals surface area (Å²) in [5.41, 5.74) is 0. The molecule has 0 aliphatic carbocycles. The zero-order valence-corrected chi connectivity index (χ0v) is 12.0. The SMILES string of the molecule is CCC(NCCCn1ccnc1)C(O)c1cccs1. The largest absolute Gasteiger partial charge is 0.386 e. The lowest BCUT2D eigenvalue weighted by atomic mass is 10.1. The van der Waals surface area contributed by atoms with Crippen molar-refractivity contribution < 1.29 is 5.11 Å². The van der Waals surface area contributed by atoms with Crippen LogP contribution in [0.3, 0.4) is 0 Å². The van der Waals surface area contributed by atoms with Crippen LogP contribution in [0.4, 0.5) is 0 Å². The van der Waals surface area contributed by atoms with Gasteiger partial charge < -0.3 is 15.0 Å². The molecular formula is C14H21N3OS. The molecule has 2 rings (SSSR count). The van der Waals surface area contributed by atoms with Gasteiger partial charge in [0.2, 0.25) is 0 Å². The Morgan fingerprint density at radius 3 is 3.05 bits per heavy atom. The van der Waals surface area contributed by atoms with Crippen LogP contribution in [0, 0.1) is 0 Å². The fourth-order valence-electron chi connectivity index (χ4n) is 2.11. The summed E-state index contributed by atoms with van der Waals surface area (Å²) in [5.74, 6) is 0. The average Bonchev–Trinajstić information content (AvgIpc) is 3.11. The summed E-state index contributed by atoms with van der Waals surface area (Å²) in [6.07, 6.45) is 7.14. The zero-order chi connectivity index (χ0) is 13.5. The van der Waals surface area contributed by atoms with Crippen LogP contribution in [0.15, 0.2) is 36.2 Å². The molecule has 2 N–H and O–H groups in total. The monoisotopic (exact) mass is 279 g/mol. The van der Waals surface area contributed by atoms with Crippen molar-refractivity contribution in [2.45, 2.75) is 38.5 Å². The fourth-order valence-corrected chi connectivity index (χ4v) is 2.88. The van der Waals surface area contributed by atoms with E-state index in [0.717, 1.165) is 30.8 Å². The number of nitrogens with zero attached hydrogens (tertiary/aromatic N) is 2. The van der Waals surface area contributed by atoms with Crippen LogP contribution < -0.4 is 5.32 Å². The molecule has 2 unspecified atom stereocenters. The van der Waals surface area contributed by atoms with Crippen LogP contribution in [-0.2, 0) is 6.54 Å². The highest BCUT2D eigenvalue weighted by atomic mass is 32.1. The van der Waals surface area contributed by atoms with E-state index < -0.39 is 6.10 Å². The Bertz CT molecular complexity index is 441. The number of rotatable bonds is 8. The van der Waals surface area contributed by atoms with E-state index in [2.05, 4.69) is 21.8 Å². The van der Waals surface area contributed by atoms with Gasteiger partial charge in [-0.1, -0.05) is 13.0 Å². The van der Waals surface area contributed by atoms with E-state index in [1.54, 1.807) is 17.5 Å². The van der Waals surface area contributed by atoms with Gasteiger partial charge in [0.15, 0.2) is 0 Å². The van der Waals surface area contributed by atoms with E-state index in [-0.39, 0.29) is 6.04 Å². The smallest absolute Gasteiger partial charge is 0.103 e. The van der Waals surface area contributed by atoms with Crippen LogP contribution in [0.1, 0.15) is 30.7 Å². The van der Waals surface area contributed by atoms with E-state index >= 15 is 0 Å². The summed E-state index contributed by atoms with van der Waals surface area (Å²) in [4.78, 5) is 5.05. The number of nitrogens with one attached hydrogen (secondary N) is 1. The Balaban J connectivity index is 1.73. The number of hydrogen-bond donors (Lipinski definition) is 2. The second kappa shape index (κ2) is 7.43. The molecule has 0 fully saturated rings. The standard InChI is InChI=1S/C14H21N3OS/c1-2-12(14(18)13-5-3-10-19-13)16-6-4-8-17-9-7-15-11-17/h3,5,7,9-12,14,16,18H,2,4,6,8H2,1H3. The van der Waals surface area contributed by atoms with E-state index in [1.165, 1.54) is 0 Å². The summed E-state index contributed by atoms with van der Waals surface area (Å²) in [5, 5.41) is 15.7. The predicted molar refractivity (Wildman–Crippen MR) is 78.2 cm³/mol. The Morgan fingerprint density at radius 2 is 2.42 bits per heavy atom. The Hall–Kier alpha value is -1.17. The van der Waals surface area contributed by atoms with Crippen molar-refractivity contribution in [2.24, 2.45) is 0 Å². The van der Waals surface area contributed by atoms with Crippen LogP contribution in [-0.4, -0.2) is 27.2 Å². The van der Waals surface area contributed by atoms with E-state index in [9.17, 15) is 5.11 Å². The first kappa shape index (κ1) is 14.2. The molecule has 19 heavy (non-hydrogen) atoms. The molecule has 2 atom stereocenters. The third-order valence-electron chi connectivity index (χ3n) is 3.21. The van der Waals surface area contributed by atoms with Gasteiger partial charge in [-0.15, -0.1) is 11.3 Å². The van der Waals surface area contributed by atoms with Crippen molar-refractivity contribution in [1.82, 2.24) is 14.9 Å². The lowest BCUT2D eigenvalue weighted by molar-refractivity contribution is 0.129. The first-order valence-corrected chi connectivity index (χ1v) is 7.59. The first-order chi connectivity index (χ1) is 9.31. The van der Waals surface area contributed by atoms with Gasteiger partial charge in [-0.2, -0.15) is 0 Å². The lowest BCUT2D eigenvalue weighted by Crippen LogP contribution is -2.35. The number of aliphatic hydroxyl groups excluding tert-OH is 1. The molecule has 0 radical (unpaired) electrons. The second-order valence-corrected chi connectivity index (χ2v) is 5.56. The van der Waals surface area contributed by atoms with Crippen molar-refractivity contribution in [1.29, 1.82) is 0 Å². The molecule has 0 aromatic carbocycles. The normalized spacial score (nSPS) is 14.4. The van der Waals surface area contributed by atoms with Gasteiger partial charge in [-0.25, -0.2) is 4.98 Å². The highest BCUT2D eigenvalue weighted by molar-refractivity contribution is 7.10. The van der Waals surface area contributed by atoms with Gasteiger partial charge in [0.25, 0.3) is 0 Å². The molecule has 0 aliphatic heterocycles. The minimum Gasteiger partial charge on any atom is -0.386 e. The number of aliphatic hydroxyl groups is 1. The minimum absolute atomic E-state index is 0.126. The fraction of sp³-hybridized carbons (Fsp3) is 0.500. The van der Waals surface area contributed by atoms with E-state index in [1.807, 2.05) is 30.0 Å². The summed E-state index contributed by atoms with van der Waals surface area (Å²) in [7, 11) is 0. The van der Waals surface area contributed by atoms with Crippen molar-refractivity contribution in [2.75, 3.05) is 6.54 Å². The Labute approximate surface area is 118 Å². The van der Waals surface area contributed by atoms with Crippen molar-refractivity contribution in [3.8, 4) is 0 Å². The quantitative estimate of drug-likeness (QED) is 0.730. The summed E-state index contributed by atoms with van der Waals surface area (Å²) in [6.45, 7) is 3.96. The summed E-state index contributed by atoms with van der Waals surface area (Å²) >= 11 is 1.61. The molecule has 5 heteroatoms. The number of imidazole rings is 1. The number of hydrogen-bond acceptors (Lipinski definition) is 4. The third-order valence-corrected chi connectivity index (χ3v) is 4.16. The van der Waals surface area contributed by atoms with Crippen LogP contribution in [0.5, 0.6) is 0 Å². The van der Waals surface area contributed by atoms with Gasteiger partial charge in [0.1, 0.15) is 6.10 Å². The maximum absolute atomic E-state index is 10.3. The van der Waals surface area contributed by atoms with Gasteiger partial charge in [-0.3, -0.25) is 0 Å². The number of aryl methyl sites for hydroxylation is 1. The summed E-state index contributed by atoms with van der Waals surface area (Å²) in [6, 6.07) is 4.10. The molecule has 0 saturated carbocycles. The van der Waals surface area contributed by atoms with Gasteiger partial charge in [0.05, 0.1) is 6.33 Å². The van der Waals surface area contributed by atoms with Crippen LogP contribution in [0.25, 0.3) is 0 Å². The molecule has 2 aromatic rings. The maximum atomic E-state index is 10.3. The number of aromatic nitrogens is 2. The van der Waals surface area contributed by atoms with Crippen molar-refractivity contribution in [3.05, 3.63) is 41.1 Å². The van der Waals surface area contributed by atoms with E-state index in [0.29, 0.717) is 0 Å². The highest BCUT2D eigenvalue weighted by Crippen LogP contribution is 2.23. The highest BCUT2D eigenvalue weighted by Gasteiger charge is 2.19. The molecule has 2 heterocycles. The van der Waals surface area contributed by atoms with Gasteiger partial charge in [-0.05, 0) is 30.8 Å². The van der Waals surface area contributed by atoms with E-state index in [4.69, 9.17) is 0 Å². The molecule has 4 nitrogen and oxygen atoms in total. The molecule has 0 saturated heterocycles. The predicted octanol–water partition coefficient (Wildman–Crippen LogP) is 2.44. The molecule has 0 amide bonds. The van der Waals surface area contributed by atoms with Gasteiger partial charge >= 0.3 is 0 Å². The van der Waals surface area contributed by atoms with Crippen LogP contribution >= 0.6 is 11.3 Å². The molecular weight excluding hydrogens is 258 g/mol. The molecule has 0 aliphatic rings. The molecule has 104 valence electrons. The van der Waals surface area contributed by atoms with Crippen molar-refractivity contribution in [3.63, 3.8) is 0 Å². The average molecular weight is 279 g/mol. The zero-order valence-electron chi connectivity index (χ0n) is 11.2. The molecule has 2 aromatic heterocycles. The lowest BCUT2D eigenvalue weighted by Gasteiger charge is -2.22. The minimum atomic E-state index is -0.404.